The van der Waals surface area contributed by atoms with Crippen molar-refractivity contribution in [2.24, 2.45) is 0 Å². The predicted molar refractivity (Wildman–Crippen MR) is 77.7 cm³/mol. The van der Waals surface area contributed by atoms with Crippen molar-refractivity contribution in [3.63, 3.8) is 0 Å². The highest BCUT2D eigenvalue weighted by molar-refractivity contribution is 7.11. The molecular weight excluding hydrogens is 276 g/mol. The zero-order chi connectivity index (χ0) is 14.8. The number of hydrogen-bond donors (Lipinski definition) is 0. The molecule has 1 aliphatic rings. The first-order chi connectivity index (χ1) is 9.33. The van der Waals surface area contributed by atoms with E-state index in [2.05, 4.69) is 9.88 Å². The van der Waals surface area contributed by atoms with E-state index in [1.165, 1.54) is 4.88 Å². The van der Waals surface area contributed by atoms with E-state index in [4.69, 9.17) is 9.47 Å². The van der Waals surface area contributed by atoms with E-state index >= 15 is 0 Å². The molecular formula is C14H22N2O3S. The molecule has 5 nitrogen and oxygen atoms in total. The van der Waals surface area contributed by atoms with E-state index in [-0.39, 0.29) is 5.97 Å². The summed E-state index contributed by atoms with van der Waals surface area (Å²) >= 11 is 1.69. The Morgan fingerprint density at radius 3 is 2.95 bits per heavy atom. The number of aromatic nitrogens is 1. The van der Waals surface area contributed by atoms with Gasteiger partial charge in [-0.3, -0.25) is 4.90 Å². The largest absolute Gasteiger partial charge is 0.458 e. The number of morpholine rings is 1. The molecule has 1 unspecified atom stereocenters. The summed E-state index contributed by atoms with van der Waals surface area (Å²) in [4.78, 5) is 19.7. The summed E-state index contributed by atoms with van der Waals surface area (Å²) in [5.41, 5.74) is -0.475. The van der Waals surface area contributed by atoms with Crippen LogP contribution in [0.5, 0.6) is 0 Å². The van der Waals surface area contributed by atoms with Crippen LogP contribution in [0.2, 0.25) is 0 Å². The van der Waals surface area contributed by atoms with Gasteiger partial charge in [0, 0.05) is 30.7 Å². The average molecular weight is 298 g/mol. The van der Waals surface area contributed by atoms with Gasteiger partial charge in [0.25, 0.3) is 0 Å². The third kappa shape index (κ3) is 4.54. The number of esters is 1. The lowest BCUT2D eigenvalue weighted by atomic mass is 10.2. The monoisotopic (exact) mass is 298 g/mol. The number of nitrogens with zero attached hydrogens (tertiary/aromatic N) is 2. The summed E-state index contributed by atoms with van der Waals surface area (Å²) in [6.07, 6.45) is 1.41. The molecule has 1 atom stereocenters. The van der Waals surface area contributed by atoms with Crippen LogP contribution >= 0.6 is 11.3 Å². The Morgan fingerprint density at radius 1 is 1.60 bits per heavy atom. The van der Waals surface area contributed by atoms with Gasteiger partial charge in [0.05, 0.1) is 11.6 Å². The summed E-state index contributed by atoms with van der Waals surface area (Å²) < 4.78 is 10.9. The van der Waals surface area contributed by atoms with Gasteiger partial charge in [-0.1, -0.05) is 0 Å². The highest BCUT2D eigenvalue weighted by Gasteiger charge is 2.30. The Bertz CT molecular complexity index is 467. The standard InChI is InChI=1S/C14H22N2O3S/c1-10-15-7-11(20-10)8-16-5-6-18-12(9-16)13(17)19-14(2,3)4/h7,12H,5-6,8-9H2,1-4H3. The second-order valence-corrected chi connectivity index (χ2v) is 7.29. The molecule has 1 fully saturated rings. The minimum absolute atomic E-state index is 0.275. The van der Waals surface area contributed by atoms with E-state index in [0.717, 1.165) is 18.1 Å². The number of ether oxygens (including phenoxy) is 2. The lowest BCUT2D eigenvalue weighted by Crippen LogP contribution is -2.47. The van der Waals surface area contributed by atoms with Crippen LogP contribution in [-0.4, -0.2) is 47.3 Å². The van der Waals surface area contributed by atoms with Crippen LogP contribution in [0.25, 0.3) is 0 Å². The maximum absolute atomic E-state index is 12.0. The fourth-order valence-electron chi connectivity index (χ4n) is 2.06. The van der Waals surface area contributed by atoms with Crippen LogP contribution in [0.3, 0.4) is 0 Å². The maximum atomic E-state index is 12.0. The third-order valence-corrected chi connectivity index (χ3v) is 3.77. The number of carbonyl (C=O) groups excluding carboxylic acids is 1. The molecule has 2 rings (SSSR count). The normalized spacial score (nSPS) is 20.9. The fraction of sp³-hybridized carbons (Fsp3) is 0.714. The Hall–Kier alpha value is -0.980. The van der Waals surface area contributed by atoms with Crippen molar-refractivity contribution in [2.75, 3.05) is 19.7 Å². The molecule has 112 valence electrons. The van der Waals surface area contributed by atoms with Crippen molar-refractivity contribution in [3.8, 4) is 0 Å². The van der Waals surface area contributed by atoms with Gasteiger partial charge in [-0.2, -0.15) is 0 Å². The molecule has 20 heavy (non-hydrogen) atoms. The van der Waals surface area contributed by atoms with E-state index < -0.39 is 11.7 Å². The van der Waals surface area contributed by atoms with Crippen molar-refractivity contribution in [1.29, 1.82) is 0 Å². The molecule has 0 aliphatic carbocycles. The van der Waals surface area contributed by atoms with E-state index in [0.29, 0.717) is 13.2 Å². The second kappa shape index (κ2) is 6.20. The van der Waals surface area contributed by atoms with Crippen LogP contribution in [0, 0.1) is 6.92 Å². The molecule has 1 aliphatic heterocycles. The molecule has 1 saturated heterocycles. The zero-order valence-electron chi connectivity index (χ0n) is 12.5. The Labute approximate surface area is 123 Å². The number of rotatable bonds is 3. The van der Waals surface area contributed by atoms with Gasteiger partial charge in [-0.05, 0) is 27.7 Å². The molecule has 0 radical (unpaired) electrons. The Morgan fingerprint density at radius 2 is 2.35 bits per heavy atom. The van der Waals surface area contributed by atoms with E-state index in [9.17, 15) is 4.79 Å². The molecule has 0 saturated carbocycles. The number of thiazole rings is 1. The van der Waals surface area contributed by atoms with Crippen molar-refractivity contribution < 1.29 is 14.3 Å². The molecule has 1 aromatic heterocycles. The van der Waals surface area contributed by atoms with Gasteiger partial charge in [0.2, 0.25) is 0 Å². The summed E-state index contributed by atoms with van der Waals surface area (Å²) in [5.74, 6) is -0.275. The lowest BCUT2D eigenvalue weighted by molar-refractivity contribution is -0.174. The first kappa shape index (κ1) is 15.4. The van der Waals surface area contributed by atoms with Gasteiger partial charge in [0.15, 0.2) is 6.10 Å². The van der Waals surface area contributed by atoms with Gasteiger partial charge in [0.1, 0.15) is 5.60 Å². The van der Waals surface area contributed by atoms with Gasteiger partial charge in [-0.25, -0.2) is 9.78 Å². The van der Waals surface area contributed by atoms with Crippen LogP contribution in [-0.2, 0) is 20.8 Å². The third-order valence-electron chi connectivity index (χ3n) is 2.87. The lowest BCUT2D eigenvalue weighted by Gasteiger charge is -2.32. The molecule has 0 aromatic carbocycles. The molecule has 6 heteroatoms. The molecule has 1 aromatic rings. The minimum atomic E-state index is -0.489. The van der Waals surface area contributed by atoms with Crippen molar-refractivity contribution in [1.82, 2.24) is 9.88 Å². The van der Waals surface area contributed by atoms with Crippen molar-refractivity contribution in [2.45, 2.75) is 45.9 Å². The Balaban J connectivity index is 1.90. The maximum Gasteiger partial charge on any atom is 0.337 e. The highest BCUT2D eigenvalue weighted by atomic mass is 32.1. The highest BCUT2D eigenvalue weighted by Crippen LogP contribution is 2.18. The van der Waals surface area contributed by atoms with Crippen LogP contribution in [0.15, 0.2) is 6.20 Å². The Kier molecular flexibility index (Phi) is 4.78. The fourth-order valence-corrected chi connectivity index (χ4v) is 2.89. The summed E-state index contributed by atoms with van der Waals surface area (Å²) in [6.45, 7) is 10.4. The molecule has 0 amide bonds. The molecule has 2 heterocycles. The van der Waals surface area contributed by atoms with Crippen LogP contribution in [0.1, 0.15) is 30.7 Å². The van der Waals surface area contributed by atoms with Gasteiger partial charge >= 0.3 is 5.97 Å². The number of carbonyl (C=O) groups is 1. The topological polar surface area (TPSA) is 51.7 Å². The zero-order valence-corrected chi connectivity index (χ0v) is 13.3. The van der Waals surface area contributed by atoms with E-state index in [1.54, 1.807) is 11.3 Å². The molecule has 0 spiro atoms. The second-order valence-electron chi connectivity index (χ2n) is 5.97. The summed E-state index contributed by atoms with van der Waals surface area (Å²) in [5, 5.41) is 1.07. The minimum Gasteiger partial charge on any atom is -0.458 e. The average Bonchev–Trinajstić information content (AvgIpc) is 2.73. The first-order valence-corrected chi connectivity index (χ1v) is 7.63. The van der Waals surface area contributed by atoms with Gasteiger partial charge in [-0.15, -0.1) is 11.3 Å². The quantitative estimate of drug-likeness (QED) is 0.799. The number of hydrogen-bond acceptors (Lipinski definition) is 6. The molecule has 0 bridgehead atoms. The van der Waals surface area contributed by atoms with E-state index in [1.807, 2.05) is 33.9 Å². The number of aryl methyl sites for hydroxylation is 1. The predicted octanol–water partition coefficient (Wildman–Crippen LogP) is 1.99. The van der Waals surface area contributed by atoms with Crippen LogP contribution in [0.4, 0.5) is 0 Å². The van der Waals surface area contributed by atoms with Crippen molar-refractivity contribution >= 4 is 17.3 Å². The van der Waals surface area contributed by atoms with Crippen molar-refractivity contribution in [3.05, 3.63) is 16.1 Å². The SMILES string of the molecule is Cc1ncc(CN2CCOC(C(=O)OC(C)(C)C)C2)s1. The van der Waals surface area contributed by atoms with Gasteiger partial charge < -0.3 is 9.47 Å². The van der Waals surface area contributed by atoms with Crippen LogP contribution < -0.4 is 0 Å². The summed E-state index contributed by atoms with van der Waals surface area (Å²) in [6, 6.07) is 0. The smallest absolute Gasteiger partial charge is 0.337 e. The molecule has 0 N–H and O–H groups in total. The first-order valence-electron chi connectivity index (χ1n) is 6.81. The summed E-state index contributed by atoms with van der Waals surface area (Å²) in [7, 11) is 0.